The van der Waals surface area contributed by atoms with Crippen LogP contribution in [0.25, 0.3) is 11.4 Å². The Balaban J connectivity index is 1.68. The molecule has 3 aromatic heterocycles. The molecule has 7 heteroatoms. The lowest BCUT2D eigenvalue weighted by atomic mass is 10.1. The summed E-state index contributed by atoms with van der Waals surface area (Å²) in [7, 11) is 0. The number of hydrogen-bond donors (Lipinski definition) is 0. The van der Waals surface area contributed by atoms with Crippen LogP contribution in [0, 0.1) is 20.8 Å². The van der Waals surface area contributed by atoms with Crippen LogP contribution in [-0.4, -0.2) is 37.5 Å². The van der Waals surface area contributed by atoms with Gasteiger partial charge in [-0.1, -0.05) is 11.2 Å². The first-order valence-corrected chi connectivity index (χ1v) is 9.05. The maximum Gasteiger partial charge on any atom is 0.273 e. The van der Waals surface area contributed by atoms with Crippen molar-refractivity contribution in [2.45, 2.75) is 39.7 Å². The van der Waals surface area contributed by atoms with Gasteiger partial charge in [0.05, 0.1) is 23.0 Å². The van der Waals surface area contributed by atoms with Crippen LogP contribution >= 0.6 is 0 Å². The van der Waals surface area contributed by atoms with Gasteiger partial charge in [0, 0.05) is 18.9 Å². The number of amides is 1. The molecule has 0 N–H and O–H groups in total. The standard InChI is InChI=1S/C20H21N5O2/c1-12-6-4-9-21-18(12)20(26)25-11-5-7-16(25)15-8-10-22-19(23-15)17-13(2)24-27-14(17)3/h4,6,8-10,16H,5,7,11H2,1-3H3/t16-/m1/s1. The predicted octanol–water partition coefficient (Wildman–Crippen LogP) is 3.43. The molecule has 0 radical (unpaired) electrons. The van der Waals surface area contributed by atoms with Gasteiger partial charge >= 0.3 is 0 Å². The molecule has 1 atom stereocenters. The molecule has 138 valence electrons. The molecule has 4 heterocycles. The Bertz CT molecular complexity index is 978. The highest BCUT2D eigenvalue weighted by atomic mass is 16.5. The number of rotatable bonds is 3. The van der Waals surface area contributed by atoms with E-state index in [-0.39, 0.29) is 11.9 Å². The third kappa shape index (κ3) is 3.09. The molecule has 1 saturated heterocycles. The number of hydrogen-bond acceptors (Lipinski definition) is 6. The van der Waals surface area contributed by atoms with Crippen LogP contribution in [0.3, 0.4) is 0 Å². The van der Waals surface area contributed by atoms with Gasteiger partial charge in [0.1, 0.15) is 11.5 Å². The van der Waals surface area contributed by atoms with Crippen molar-refractivity contribution in [1.29, 1.82) is 0 Å². The molecule has 7 nitrogen and oxygen atoms in total. The molecule has 1 fully saturated rings. The van der Waals surface area contributed by atoms with Crippen molar-refractivity contribution in [3.8, 4) is 11.4 Å². The van der Waals surface area contributed by atoms with Gasteiger partial charge in [-0.05, 0) is 51.3 Å². The first kappa shape index (κ1) is 17.3. The Labute approximate surface area is 157 Å². The number of pyridine rings is 1. The maximum atomic E-state index is 13.1. The number of aromatic nitrogens is 4. The Morgan fingerprint density at radius 3 is 2.78 bits per heavy atom. The summed E-state index contributed by atoms with van der Waals surface area (Å²) in [5.41, 5.74) is 3.79. The Kier molecular flexibility index (Phi) is 4.43. The molecule has 0 unspecified atom stereocenters. The summed E-state index contributed by atoms with van der Waals surface area (Å²) < 4.78 is 5.24. The van der Waals surface area contributed by atoms with Crippen molar-refractivity contribution < 1.29 is 9.32 Å². The number of aryl methyl sites for hydroxylation is 3. The second-order valence-corrected chi connectivity index (χ2v) is 6.83. The topological polar surface area (TPSA) is 85.0 Å². The minimum Gasteiger partial charge on any atom is -0.361 e. The van der Waals surface area contributed by atoms with Gasteiger partial charge in [-0.2, -0.15) is 0 Å². The molecule has 1 aliphatic heterocycles. The van der Waals surface area contributed by atoms with Crippen LogP contribution in [0.4, 0.5) is 0 Å². The van der Waals surface area contributed by atoms with Gasteiger partial charge in [0.25, 0.3) is 5.91 Å². The molecular weight excluding hydrogens is 342 g/mol. The van der Waals surface area contributed by atoms with E-state index in [0.717, 1.165) is 35.4 Å². The highest BCUT2D eigenvalue weighted by Crippen LogP contribution is 2.33. The fourth-order valence-electron chi connectivity index (χ4n) is 3.64. The number of carbonyl (C=O) groups is 1. The molecule has 1 aliphatic rings. The van der Waals surface area contributed by atoms with E-state index in [2.05, 4.69) is 15.1 Å². The van der Waals surface area contributed by atoms with Crippen LogP contribution in [0.15, 0.2) is 35.1 Å². The summed E-state index contributed by atoms with van der Waals surface area (Å²) in [4.78, 5) is 28.4. The van der Waals surface area contributed by atoms with Crippen molar-refractivity contribution in [2.75, 3.05) is 6.54 Å². The SMILES string of the molecule is Cc1cccnc1C(=O)N1CCC[C@@H]1c1ccnc(-c2c(C)noc2C)n1. The second-order valence-electron chi connectivity index (χ2n) is 6.83. The Morgan fingerprint density at radius 1 is 1.19 bits per heavy atom. The molecule has 0 spiro atoms. The minimum atomic E-state index is -0.0823. The van der Waals surface area contributed by atoms with Gasteiger partial charge in [-0.15, -0.1) is 0 Å². The van der Waals surface area contributed by atoms with Crippen molar-refractivity contribution in [3.63, 3.8) is 0 Å². The molecule has 1 amide bonds. The largest absolute Gasteiger partial charge is 0.361 e. The summed E-state index contributed by atoms with van der Waals surface area (Å²) in [5.74, 6) is 1.22. The molecule has 4 rings (SSSR count). The van der Waals surface area contributed by atoms with Gasteiger partial charge in [0.2, 0.25) is 0 Å². The zero-order valence-corrected chi connectivity index (χ0v) is 15.6. The Morgan fingerprint density at radius 2 is 2.04 bits per heavy atom. The highest BCUT2D eigenvalue weighted by Gasteiger charge is 2.33. The molecule has 0 saturated carbocycles. The summed E-state index contributed by atoms with van der Waals surface area (Å²) in [6, 6.07) is 5.55. The van der Waals surface area contributed by atoms with Crippen LogP contribution in [-0.2, 0) is 0 Å². The van der Waals surface area contributed by atoms with E-state index in [0.29, 0.717) is 23.8 Å². The third-order valence-corrected chi connectivity index (χ3v) is 5.00. The van der Waals surface area contributed by atoms with Crippen molar-refractivity contribution in [2.24, 2.45) is 0 Å². The van der Waals surface area contributed by atoms with Crippen LogP contribution in [0.2, 0.25) is 0 Å². The summed E-state index contributed by atoms with van der Waals surface area (Å²) >= 11 is 0. The monoisotopic (exact) mass is 363 g/mol. The van der Waals surface area contributed by atoms with Crippen LogP contribution in [0.5, 0.6) is 0 Å². The van der Waals surface area contributed by atoms with E-state index in [9.17, 15) is 4.79 Å². The number of likely N-dealkylation sites (tertiary alicyclic amines) is 1. The fraction of sp³-hybridized carbons (Fsp3) is 0.350. The van der Waals surface area contributed by atoms with E-state index in [1.165, 1.54) is 0 Å². The van der Waals surface area contributed by atoms with Gasteiger partial charge in [0.15, 0.2) is 5.82 Å². The van der Waals surface area contributed by atoms with E-state index in [1.54, 1.807) is 12.4 Å². The quantitative estimate of drug-likeness (QED) is 0.709. The third-order valence-electron chi connectivity index (χ3n) is 5.00. The molecule has 0 aromatic carbocycles. The zero-order chi connectivity index (χ0) is 19.0. The maximum absolute atomic E-state index is 13.1. The van der Waals surface area contributed by atoms with Crippen molar-refractivity contribution in [1.82, 2.24) is 25.0 Å². The smallest absolute Gasteiger partial charge is 0.273 e. The number of nitrogens with zero attached hydrogens (tertiary/aromatic N) is 5. The fourth-order valence-corrected chi connectivity index (χ4v) is 3.64. The average molecular weight is 363 g/mol. The Hall–Kier alpha value is -3.09. The normalized spacial score (nSPS) is 16.7. The van der Waals surface area contributed by atoms with Gasteiger partial charge < -0.3 is 9.42 Å². The lowest BCUT2D eigenvalue weighted by Gasteiger charge is -2.24. The summed E-state index contributed by atoms with van der Waals surface area (Å²) in [6.45, 7) is 6.33. The van der Waals surface area contributed by atoms with E-state index >= 15 is 0 Å². The van der Waals surface area contributed by atoms with Crippen LogP contribution in [0.1, 0.15) is 52.1 Å². The zero-order valence-electron chi connectivity index (χ0n) is 15.6. The summed E-state index contributed by atoms with van der Waals surface area (Å²) in [6.07, 6.45) is 5.20. The van der Waals surface area contributed by atoms with E-state index < -0.39 is 0 Å². The molecular formula is C20H21N5O2. The predicted molar refractivity (Wildman–Crippen MR) is 99.0 cm³/mol. The van der Waals surface area contributed by atoms with Gasteiger partial charge in [-0.25, -0.2) is 9.97 Å². The van der Waals surface area contributed by atoms with E-state index in [4.69, 9.17) is 9.51 Å². The second kappa shape index (κ2) is 6.90. The average Bonchev–Trinajstić information content (AvgIpc) is 3.28. The molecule has 27 heavy (non-hydrogen) atoms. The van der Waals surface area contributed by atoms with Gasteiger partial charge in [-0.3, -0.25) is 9.78 Å². The van der Waals surface area contributed by atoms with Crippen molar-refractivity contribution >= 4 is 5.91 Å². The number of carbonyl (C=O) groups excluding carboxylic acids is 1. The first-order chi connectivity index (χ1) is 13.1. The van der Waals surface area contributed by atoms with Crippen LogP contribution < -0.4 is 0 Å². The first-order valence-electron chi connectivity index (χ1n) is 9.05. The lowest BCUT2D eigenvalue weighted by Crippen LogP contribution is -2.32. The highest BCUT2D eigenvalue weighted by molar-refractivity contribution is 5.94. The minimum absolute atomic E-state index is 0.0481. The lowest BCUT2D eigenvalue weighted by molar-refractivity contribution is 0.0726. The van der Waals surface area contributed by atoms with E-state index in [1.807, 2.05) is 43.9 Å². The molecule has 0 bridgehead atoms. The molecule has 0 aliphatic carbocycles. The van der Waals surface area contributed by atoms with Crippen molar-refractivity contribution in [3.05, 3.63) is 59.0 Å². The summed E-state index contributed by atoms with van der Waals surface area (Å²) in [5, 5.41) is 3.98. The molecule has 3 aromatic rings.